The summed E-state index contributed by atoms with van der Waals surface area (Å²) >= 11 is 1.69. The molecule has 2 heterocycles. The fourth-order valence-electron chi connectivity index (χ4n) is 3.22. The van der Waals surface area contributed by atoms with E-state index in [2.05, 4.69) is 71.2 Å². The van der Waals surface area contributed by atoms with Gasteiger partial charge in [0.15, 0.2) is 4.80 Å². The molecule has 4 aromatic rings. The van der Waals surface area contributed by atoms with E-state index in [4.69, 9.17) is 4.99 Å². The van der Waals surface area contributed by atoms with Gasteiger partial charge in [0, 0.05) is 23.7 Å². The average molecular weight is 374 g/mol. The molecule has 0 bridgehead atoms. The highest BCUT2D eigenvalue weighted by molar-refractivity contribution is 7.07. The van der Waals surface area contributed by atoms with Crippen LogP contribution in [0.25, 0.3) is 22.0 Å². The Morgan fingerprint density at radius 2 is 1.89 bits per heavy atom. The zero-order valence-electron chi connectivity index (χ0n) is 15.7. The lowest BCUT2D eigenvalue weighted by Crippen LogP contribution is -2.17. The van der Waals surface area contributed by atoms with Gasteiger partial charge in [0.25, 0.3) is 0 Å². The first kappa shape index (κ1) is 17.7. The van der Waals surface area contributed by atoms with Crippen molar-refractivity contribution in [2.24, 2.45) is 10.9 Å². The Kier molecular flexibility index (Phi) is 5.16. The number of fused-ring (bicyclic) bond motifs is 1. The maximum Gasteiger partial charge on any atom is 0.190 e. The predicted molar refractivity (Wildman–Crippen MR) is 114 cm³/mol. The van der Waals surface area contributed by atoms with Crippen LogP contribution in [0.5, 0.6) is 0 Å². The zero-order valence-corrected chi connectivity index (χ0v) is 16.5. The van der Waals surface area contributed by atoms with Crippen LogP contribution in [-0.4, -0.2) is 9.55 Å². The summed E-state index contributed by atoms with van der Waals surface area (Å²) in [6.07, 6.45) is 4.71. The quantitative estimate of drug-likeness (QED) is 0.419. The molecule has 27 heavy (non-hydrogen) atoms. The van der Waals surface area contributed by atoms with E-state index in [9.17, 15) is 0 Å². The molecule has 2 aromatic heterocycles. The van der Waals surface area contributed by atoms with Gasteiger partial charge >= 0.3 is 0 Å². The molecule has 2 aromatic carbocycles. The van der Waals surface area contributed by atoms with Gasteiger partial charge in [0.05, 0.1) is 17.6 Å². The largest absolute Gasteiger partial charge is 0.316 e. The van der Waals surface area contributed by atoms with Gasteiger partial charge in [-0.15, -0.1) is 11.3 Å². The van der Waals surface area contributed by atoms with E-state index in [0.29, 0.717) is 5.92 Å². The van der Waals surface area contributed by atoms with E-state index in [-0.39, 0.29) is 0 Å². The van der Waals surface area contributed by atoms with Crippen LogP contribution in [0.15, 0.2) is 77.4 Å². The normalized spacial score (nSPS) is 12.2. The first-order valence-electron chi connectivity index (χ1n) is 9.33. The molecular weight excluding hydrogens is 350 g/mol. The molecule has 0 atom stereocenters. The molecule has 0 unspecified atom stereocenters. The first-order valence-corrected chi connectivity index (χ1v) is 10.2. The second-order valence-electron chi connectivity index (χ2n) is 7.09. The lowest BCUT2D eigenvalue weighted by atomic mass is 10.0. The fourth-order valence-corrected chi connectivity index (χ4v) is 4.16. The highest BCUT2D eigenvalue weighted by Crippen LogP contribution is 2.29. The second kappa shape index (κ2) is 7.89. The van der Waals surface area contributed by atoms with E-state index < -0.39 is 0 Å². The van der Waals surface area contributed by atoms with Crippen LogP contribution in [0.3, 0.4) is 0 Å². The van der Waals surface area contributed by atoms with Gasteiger partial charge in [-0.1, -0.05) is 56.3 Å². The highest BCUT2D eigenvalue weighted by Gasteiger charge is 2.11. The van der Waals surface area contributed by atoms with E-state index >= 15 is 0 Å². The number of aromatic nitrogens is 2. The van der Waals surface area contributed by atoms with Crippen molar-refractivity contribution in [1.82, 2.24) is 9.55 Å². The van der Waals surface area contributed by atoms with Crippen LogP contribution >= 0.6 is 11.3 Å². The first-order chi connectivity index (χ1) is 13.2. The molecule has 0 amide bonds. The number of rotatable bonds is 5. The van der Waals surface area contributed by atoms with Crippen LogP contribution < -0.4 is 4.80 Å². The molecule has 4 heteroatoms. The Morgan fingerprint density at radius 3 is 2.70 bits per heavy atom. The maximum absolute atomic E-state index is 4.86. The van der Waals surface area contributed by atoms with Crippen molar-refractivity contribution >= 4 is 27.8 Å². The molecule has 0 radical (unpaired) electrons. The molecule has 0 aliphatic heterocycles. The third kappa shape index (κ3) is 3.86. The minimum atomic E-state index is 0.643. The molecule has 0 aliphatic carbocycles. The SMILES string of the molecule is CC(C)CCn1c(-c2cccc3ccccc23)csc1=Nc1cccnc1. The van der Waals surface area contributed by atoms with E-state index in [1.54, 1.807) is 17.5 Å². The molecular formula is C23H23N3S. The molecule has 136 valence electrons. The molecule has 4 rings (SSSR count). The van der Waals surface area contributed by atoms with Gasteiger partial charge in [0.2, 0.25) is 0 Å². The van der Waals surface area contributed by atoms with Crippen molar-refractivity contribution < 1.29 is 0 Å². The summed E-state index contributed by atoms with van der Waals surface area (Å²) in [6, 6.07) is 19.0. The summed E-state index contributed by atoms with van der Waals surface area (Å²) in [7, 11) is 0. The predicted octanol–water partition coefficient (Wildman–Crippen LogP) is 6.04. The van der Waals surface area contributed by atoms with Gasteiger partial charge in [-0.3, -0.25) is 4.98 Å². The topological polar surface area (TPSA) is 30.2 Å². The third-order valence-corrected chi connectivity index (χ3v) is 5.53. The van der Waals surface area contributed by atoms with E-state index in [1.807, 2.05) is 18.3 Å². The Morgan fingerprint density at radius 1 is 1.04 bits per heavy atom. The molecule has 0 saturated carbocycles. The average Bonchev–Trinajstić information content (AvgIpc) is 3.09. The number of hydrogen-bond donors (Lipinski definition) is 0. The summed E-state index contributed by atoms with van der Waals surface area (Å²) in [6.45, 7) is 5.49. The van der Waals surface area contributed by atoms with Crippen molar-refractivity contribution in [2.45, 2.75) is 26.8 Å². The molecule has 0 spiro atoms. The number of hydrogen-bond acceptors (Lipinski definition) is 3. The van der Waals surface area contributed by atoms with Gasteiger partial charge in [0.1, 0.15) is 0 Å². The number of nitrogens with zero attached hydrogens (tertiary/aromatic N) is 3. The van der Waals surface area contributed by atoms with Crippen LogP contribution in [0.1, 0.15) is 20.3 Å². The third-order valence-electron chi connectivity index (χ3n) is 4.66. The summed E-state index contributed by atoms with van der Waals surface area (Å²) in [5.74, 6) is 0.643. The molecule has 0 saturated heterocycles. The zero-order chi connectivity index (χ0) is 18.6. The van der Waals surface area contributed by atoms with Crippen LogP contribution in [0.4, 0.5) is 5.69 Å². The monoisotopic (exact) mass is 373 g/mol. The summed E-state index contributed by atoms with van der Waals surface area (Å²) in [4.78, 5) is 10.1. The van der Waals surface area contributed by atoms with Gasteiger partial charge in [-0.2, -0.15) is 0 Å². The van der Waals surface area contributed by atoms with Gasteiger partial charge in [-0.25, -0.2) is 4.99 Å². The minimum Gasteiger partial charge on any atom is -0.316 e. The van der Waals surface area contributed by atoms with Crippen molar-refractivity contribution in [3.8, 4) is 11.3 Å². The second-order valence-corrected chi connectivity index (χ2v) is 7.92. The highest BCUT2D eigenvalue weighted by atomic mass is 32.1. The Hall–Kier alpha value is -2.72. The van der Waals surface area contributed by atoms with Crippen LogP contribution in [0, 0.1) is 5.92 Å². The molecule has 0 fully saturated rings. The number of benzene rings is 2. The number of pyridine rings is 1. The van der Waals surface area contributed by atoms with E-state index in [1.165, 1.54) is 22.0 Å². The van der Waals surface area contributed by atoms with Crippen LogP contribution in [-0.2, 0) is 6.54 Å². The van der Waals surface area contributed by atoms with Gasteiger partial charge in [-0.05, 0) is 35.2 Å². The smallest absolute Gasteiger partial charge is 0.190 e. The molecule has 0 aliphatic rings. The van der Waals surface area contributed by atoms with Crippen molar-refractivity contribution in [1.29, 1.82) is 0 Å². The molecule has 3 nitrogen and oxygen atoms in total. The number of thiazole rings is 1. The van der Waals surface area contributed by atoms with Crippen molar-refractivity contribution in [3.63, 3.8) is 0 Å². The summed E-state index contributed by atoms with van der Waals surface area (Å²) in [5, 5.41) is 4.78. The van der Waals surface area contributed by atoms with Crippen molar-refractivity contribution in [3.05, 3.63) is 77.2 Å². The Bertz CT molecular complexity index is 1100. The Balaban J connectivity index is 1.89. The standard InChI is InChI=1S/C23H23N3S/c1-17(2)12-14-26-22(16-27-23(26)25-19-9-6-13-24-15-19)21-11-5-8-18-7-3-4-10-20(18)21/h3-11,13,15-17H,12,14H2,1-2H3. The van der Waals surface area contributed by atoms with Gasteiger partial charge < -0.3 is 4.57 Å². The summed E-state index contributed by atoms with van der Waals surface area (Å²) in [5.41, 5.74) is 3.39. The lowest BCUT2D eigenvalue weighted by molar-refractivity contribution is 0.513. The maximum atomic E-state index is 4.86. The van der Waals surface area contributed by atoms with Crippen LogP contribution in [0.2, 0.25) is 0 Å². The fraction of sp³-hybridized carbons (Fsp3) is 0.217. The molecule has 0 N–H and O–H groups in total. The Labute approximate surface area is 163 Å². The van der Waals surface area contributed by atoms with E-state index in [0.717, 1.165) is 23.5 Å². The summed E-state index contributed by atoms with van der Waals surface area (Å²) < 4.78 is 2.36. The minimum absolute atomic E-state index is 0.643. The van der Waals surface area contributed by atoms with Crippen molar-refractivity contribution in [2.75, 3.05) is 0 Å². The lowest BCUT2D eigenvalue weighted by Gasteiger charge is -2.12.